The summed E-state index contributed by atoms with van der Waals surface area (Å²) < 4.78 is 11.3. The van der Waals surface area contributed by atoms with Gasteiger partial charge >= 0.3 is 0 Å². The number of rotatable bonds is 7. The fourth-order valence-corrected chi connectivity index (χ4v) is 6.21. The molecule has 1 saturated heterocycles. The van der Waals surface area contributed by atoms with Crippen LogP contribution in [0.1, 0.15) is 56.6 Å². The molecular weight excluding hydrogens is 430 g/mol. The molecule has 6 heteroatoms. The van der Waals surface area contributed by atoms with E-state index in [0.29, 0.717) is 18.9 Å². The highest BCUT2D eigenvalue weighted by Crippen LogP contribution is 2.51. The van der Waals surface area contributed by atoms with Gasteiger partial charge in [0.25, 0.3) is 0 Å². The summed E-state index contributed by atoms with van der Waals surface area (Å²) in [4.78, 5) is 2.70. The summed E-state index contributed by atoms with van der Waals surface area (Å²) in [5, 5.41) is 7.82. The number of likely N-dealkylation sites (tertiary alicyclic amines) is 1. The molecule has 0 spiro atoms. The van der Waals surface area contributed by atoms with Crippen molar-refractivity contribution in [3.05, 3.63) is 59.7 Å². The van der Waals surface area contributed by atoms with Gasteiger partial charge in [0, 0.05) is 30.6 Å². The minimum Gasteiger partial charge on any atom is -0.454 e. The molecule has 33 heavy (non-hydrogen) atoms. The molecule has 2 heterocycles. The van der Waals surface area contributed by atoms with Gasteiger partial charge in [-0.25, -0.2) is 0 Å². The summed E-state index contributed by atoms with van der Waals surface area (Å²) in [6.45, 7) is 5.57. The molecule has 2 aromatic carbocycles. The van der Waals surface area contributed by atoms with E-state index in [0.717, 1.165) is 61.9 Å². The summed E-state index contributed by atoms with van der Waals surface area (Å²) in [5.74, 6) is 1.76. The molecule has 2 aliphatic heterocycles. The lowest BCUT2D eigenvalue weighted by Crippen LogP contribution is -2.53. The highest BCUT2D eigenvalue weighted by Gasteiger charge is 2.51. The zero-order valence-corrected chi connectivity index (χ0v) is 20.3. The highest BCUT2D eigenvalue weighted by molar-refractivity contribution is 7.80. The first-order valence-corrected chi connectivity index (χ1v) is 12.8. The van der Waals surface area contributed by atoms with Crippen LogP contribution in [0.3, 0.4) is 0 Å². The third kappa shape index (κ3) is 4.69. The minimum atomic E-state index is 0.144. The van der Waals surface area contributed by atoms with Crippen molar-refractivity contribution in [3.8, 4) is 11.5 Å². The third-order valence-corrected chi connectivity index (χ3v) is 7.96. The Morgan fingerprint density at radius 1 is 1.12 bits per heavy atom. The van der Waals surface area contributed by atoms with Crippen molar-refractivity contribution in [1.29, 1.82) is 0 Å². The Labute approximate surface area is 202 Å². The van der Waals surface area contributed by atoms with Gasteiger partial charge in [-0.1, -0.05) is 49.7 Å². The Bertz CT molecular complexity index is 969. The second-order valence-corrected chi connectivity index (χ2v) is 10.1. The second kappa shape index (κ2) is 9.90. The van der Waals surface area contributed by atoms with Crippen molar-refractivity contribution in [1.82, 2.24) is 15.5 Å². The molecule has 1 aliphatic carbocycles. The fraction of sp³-hybridized carbons (Fsp3) is 0.519. The maximum absolute atomic E-state index is 5.74. The Balaban J connectivity index is 1.37. The third-order valence-electron chi connectivity index (χ3n) is 7.70. The minimum absolute atomic E-state index is 0.144. The van der Waals surface area contributed by atoms with Crippen molar-refractivity contribution in [2.45, 2.75) is 69.5 Å². The maximum Gasteiger partial charge on any atom is 0.231 e. The van der Waals surface area contributed by atoms with Crippen LogP contribution in [0.25, 0.3) is 0 Å². The normalized spacial score (nSPS) is 26.1. The van der Waals surface area contributed by atoms with E-state index in [4.69, 9.17) is 21.7 Å². The number of nitrogens with one attached hydrogen (secondary N) is 2. The molecule has 0 aromatic heterocycles. The molecule has 2 aromatic rings. The number of thiocarbonyl (C=S) groups is 1. The zero-order valence-electron chi connectivity index (χ0n) is 19.5. The number of nitrogens with zero attached hydrogens (tertiary/aromatic N) is 1. The SMILES string of the molecule is CCCCNC(=S)N[C@@H]1CC[C@@]2(c3ccc4c(c3)OCO4)CCN(Cc3ccccc3)[C@H]2C1. The van der Waals surface area contributed by atoms with Crippen molar-refractivity contribution in [2.75, 3.05) is 19.9 Å². The molecule has 3 aliphatic rings. The van der Waals surface area contributed by atoms with Gasteiger partial charge in [-0.05, 0) is 74.1 Å². The van der Waals surface area contributed by atoms with E-state index in [-0.39, 0.29) is 5.41 Å². The largest absolute Gasteiger partial charge is 0.454 e. The molecule has 2 N–H and O–H groups in total. The summed E-state index contributed by atoms with van der Waals surface area (Å²) in [5.41, 5.74) is 2.92. The molecular formula is C27H35N3O2S. The van der Waals surface area contributed by atoms with Crippen molar-refractivity contribution >= 4 is 17.3 Å². The van der Waals surface area contributed by atoms with E-state index in [9.17, 15) is 0 Å². The first-order valence-electron chi connectivity index (χ1n) is 12.4. The van der Waals surface area contributed by atoms with Gasteiger partial charge < -0.3 is 20.1 Å². The molecule has 0 unspecified atom stereocenters. The van der Waals surface area contributed by atoms with Gasteiger partial charge in [-0.15, -0.1) is 0 Å². The summed E-state index contributed by atoms with van der Waals surface area (Å²) in [6, 6.07) is 18.3. The van der Waals surface area contributed by atoms with Gasteiger partial charge in [0.15, 0.2) is 16.6 Å². The van der Waals surface area contributed by atoms with E-state index in [1.807, 2.05) is 0 Å². The molecule has 2 fully saturated rings. The molecule has 0 radical (unpaired) electrons. The van der Waals surface area contributed by atoms with Gasteiger partial charge in [0.1, 0.15) is 0 Å². The second-order valence-electron chi connectivity index (χ2n) is 9.67. The highest BCUT2D eigenvalue weighted by atomic mass is 32.1. The van der Waals surface area contributed by atoms with Gasteiger partial charge in [0.2, 0.25) is 6.79 Å². The van der Waals surface area contributed by atoms with E-state index in [2.05, 4.69) is 71.0 Å². The first-order chi connectivity index (χ1) is 16.2. The fourth-order valence-electron chi connectivity index (χ4n) is 5.94. The standard InChI is InChI=1S/C27H35N3O2S/c1-2-3-14-28-26(33)29-22-11-12-27(21-9-10-23-24(16-21)32-19-31-23)13-15-30(25(27)17-22)18-20-7-5-4-6-8-20/h4-10,16,22,25H,2-3,11-15,17-19H2,1H3,(H2,28,29,33)/t22-,25+,27+/m1/s1. The molecule has 5 rings (SSSR count). The zero-order chi connectivity index (χ0) is 22.7. The van der Waals surface area contributed by atoms with Crippen molar-refractivity contribution in [2.24, 2.45) is 0 Å². The van der Waals surface area contributed by atoms with Crippen LogP contribution >= 0.6 is 12.2 Å². The Morgan fingerprint density at radius 3 is 2.82 bits per heavy atom. The molecule has 0 amide bonds. The number of ether oxygens (including phenoxy) is 2. The molecule has 1 saturated carbocycles. The van der Waals surface area contributed by atoms with Crippen LogP contribution in [0, 0.1) is 0 Å². The lowest BCUT2D eigenvalue weighted by molar-refractivity contribution is 0.134. The molecule has 3 atom stereocenters. The van der Waals surface area contributed by atoms with E-state index in [1.54, 1.807) is 0 Å². The number of hydrogen-bond donors (Lipinski definition) is 2. The Hall–Kier alpha value is -2.31. The topological polar surface area (TPSA) is 45.8 Å². The lowest BCUT2D eigenvalue weighted by atomic mass is 9.65. The van der Waals surface area contributed by atoms with Gasteiger partial charge in [0.05, 0.1) is 0 Å². The van der Waals surface area contributed by atoms with E-state index < -0.39 is 0 Å². The lowest BCUT2D eigenvalue weighted by Gasteiger charge is -2.45. The monoisotopic (exact) mass is 465 g/mol. The average Bonchev–Trinajstić information content (AvgIpc) is 3.45. The number of benzene rings is 2. The van der Waals surface area contributed by atoms with Gasteiger partial charge in [-0.2, -0.15) is 0 Å². The van der Waals surface area contributed by atoms with Crippen molar-refractivity contribution < 1.29 is 9.47 Å². The molecule has 0 bridgehead atoms. The first kappa shape index (κ1) is 22.5. The average molecular weight is 466 g/mol. The smallest absolute Gasteiger partial charge is 0.231 e. The van der Waals surface area contributed by atoms with Crippen LogP contribution < -0.4 is 20.1 Å². The van der Waals surface area contributed by atoms with E-state index in [1.165, 1.54) is 24.0 Å². The summed E-state index contributed by atoms with van der Waals surface area (Å²) in [7, 11) is 0. The number of hydrogen-bond acceptors (Lipinski definition) is 4. The van der Waals surface area contributed by atoms with E-state index >= 15 is 0 Å². The quantitative estimate of drug-likeness (QED) is 0.455. The summed E-state index contributed by atoms with van der Waals surface area (Å²) >= 11 is 5.61. The van der Waals surface area contributed by atoms with Crippen LogP contribution in [-0.4, -0.2) is 42.0 Å². The molecule has 176 valence electrons. The van der Waals surface area contributed by atoms with Crippen LogP contribution in [0.2, 0.25) is 0 Å². The Kier molecular flexibility index (Phi) is 6.74. The predicted octanol–water partition coefficient (Wildman–Crippen LogP) is 4.74. The Morgan fingerprint density at radius 2 is 1.97 bits per heavy atom. The summed E-state index contributed by atoms with van der Waals surface area (Å²) in [6.07, 6.45) is 6.87. The number of unbranched alkanes of at least 4 members (excludes halogenated alkanes) is 1. The maximum atomic E-state index is 5.74. The van der Waals surface area contributed by atoms with Crippen LogP contribution in [-0.2, 0) is 12.0 Å². The van der Waals surface area contributed by atoms with Crippen molar-refractivity contribution in [3.63, 3.8) is 0 Å². The van der Waals surface area contributed by atoms with Gasteiger partial charge in [-0.3, -0.25) is 4.90 Å². The number of fused-ring (bicyclic) bond motifs is 2. The predicted molar refractivity (Wildman–Crippen MR) is 136 cm³/mol. The van der Waals surface area contributed by atoms with Crippen LogP contribution in [0.4, 0.5) is 0 Å². The molecule has 5 nitrogen and oxygen atoms in total. The van der Waals surface area contributed by atoms with Crippen LogP contribution in [0.15, 0.2) is 48.5 Å². The van der Waals surface area contributed by atoms with Crippen LogP contribution in [0.5, 0.6) is 11.5 Å².